The van der Waals surface area contributed by atoms with E-state index in [9.17, 15) is 0 Å². The topological polar surface area (TPSA) is 9.23 Å². The molecule has 2 heteroatoms. The second-order valence-corrected chi connectivity index (χ2v) is 19.0. The van der Waals surface area contributed by atoms with Crippen molar-refractivity contribution in [2.75, 3.05) is 6.61 Å². The first-order valence-electron chi connectivity index (χ1n) is 8.49. The van der Waals surface area contributed by atoms with E-state index in [2.05, 4.69) is 34.3 Å². The number of rotatable bonds is 13. The van der Waals surface area contributed by atoms with Gasteiger partial charge in [0.15, 0.2) is 0 Å². The average molecular weight is 375 g/mol. The number of hydrogen-bond donors (Lipinski definition) is 0. The Labute approximate surface area is 126 Å². The zero-order chi connectivity index (χ0) is 14.6. The van der Waals surface area contributed by atoms with Gasteiger partial charge < -0.3 is 0 Å². The Balaban J connectivity index is 4.79. The zero-order valence-electron chi connectivity index (χ0n) is 13.9. The zero-order valence-corrected chi connectivity index (χ0v) is 16.7. The molecule has 0 aliphatic heterocycles. The molecular weight excluding hydrogens is 339 g/mol. The maximum atomic E-state index is 6.05. The summed E-state index contributed by atoms with van der Waals surface area (Å²) < 4.78 is 11.7. The van der Waals surface area contributed by atoms with Gasteiger partial charge in [-0.2, -0.15) is 0 Å². The van der Waals surface area contributed by atoms with Gasteiger partial charge in [-0.05, 0) is 0 Å². The first-order valence-corrected chi connectivity index (χ1v) is 16.0. The van der Waals surface area contributed by atoms with Crippen LogP contribution in [0.5, 0.6) is 0 Å². The Morgan fingerprint density at radius 3 is 1.53 bits per heavy atom. The molecule has 19 heavy (non-hydrogen) atoms. The molecule has 0 saturated carbocycles. The molecule has 0 aliphatic carbocycles. The van der Waals surface area contributed by atoms with Crippen molar-refractivity contribution in [3.8, 4) is 0 Å². The summed E-state index contributed by atoms with van der Waals surface area (Å²) in [6.07, 6.45) is 9.22. The summed E-state index contributed by atoms with van der Waals surface area (Å²) >= 11 is -2.27. The molecule has 0 unspecified atom stereocenters. The van der Waals surface area contributed by atoms with Gasteiger partial charge in [0.05, 0.1) is 0 Å². The van der Waals surface area contributed by atoms with Crippen LogP contribution in [0.25, 0.3) is 0 Å². The van der Waals surface area contributed by atoms with Crippen molar-refractivity contribution in [1.82, 2.24) is 0 Å². The van der Waals surface area contributed by atoms with E-state index in [4.69, 9.17) is 4.74 Å². The molecule has 0 radical (unpaired) electrons. The van der Waals surface area contributed by atoms with Crippen LogP contribution in [0.15, 0.2) is 10.4 Å². The molecule has 0 fully saturated rings. The quantitative estimate of drug-likeness (QED) is 0.271. The molecule has 0 rings (SSSR count). The number of unbranched alkanes of at least 4 members (excludes halogenated alkanes) is 3. The van der Waals surface area contributed by atoms with Gasteiger partial charge in [0.1, 0.15) is 0 Å². The van der Waals surface area contributed by atoms with Crippen LogP contribution >= 0.6 is 0 Å². The van der Waals surface area contributed by atoms with Gasteiger partial charge in [0.25, 0.3) is 0 Å². The third kappa shape index (κ3) is 7.62. The van der Waals surface area contributed by atoms with Crippen LogP contribution in [0, 0.1) is 0 Å². The first kappa shape index (κ1) is 19.3. The summed E-state index contributed by atoms with van der Waals surface area (Å²) in [5.41, 5.74) is 0. The van der Waals surface area contributed by atoms with Crippen molar-refractivity contribution < 1.29 is 4.74 Å². The SMILES string of the molecule is C=[C](OCCC)[Sn]([CH2]CCC)([CH2]CCC)[CH2]CCC. The van der Waals surface area contributed by atoms with Crippen LogP contribution in [0.4, 0.5) is 0 Å². The second-order valence-electron chi connectivity index (χ2n) is 5.86. The summed E-state index contributed by atoms with van der Waals surface area (Å²) in [4.78, 5) is 0. The summed E-state index contributed by atoms with van der Waals surface area (Å²) in [5.74, 6) is 0. The van der Waals surface area contributed by atoms with E-state index in [1.807, 2.05) is 0 Å². The van der Waals surface area contributed by atoms with Gasteiger partial charge in [-0.25, -0.2) is 0 Å². The molecule has 0 spiro atoms. The molecule has 0 aliphatic rings. The Morgan fingerprint density at radius 2 is 1.21 bits per heavy atom. The normalized spacial score (nSPS) is 11.6. The summed E-state index contributed by atoms with van der Waals surface area (Å²) in [6.45, 7) is 14.4. The van der Waals surface area contributed by atoms with E-state index >= 15 is 0 Å². The van der Waals surface area contributed by atoms with E-state index in [0.29, 0.717) is 0 Å². The van der Waals surface area contributed by atoms with E-state index in [0.717, 1.165) is 13.0 Å². The van der Waals surface area contributed by atoms with Gasteiger partial charge in [-0.1, -0.05) is 0 Å². The summed E-state index contributed by atoms with van der Waals surface area (Å²) in [6, 6.07) is 0. The van der Waals surface area contributed by atoms with Crippen molar-refractivity contribution in [3.05, 3.63) is 10.4 Å². The monoisotopic (exact) mass is 376 g/mol. The molecule has 0 aromatic heterocycles. The first-order chi connectivity index (χ1) is 9.16. The fourth-order valence-electron chi connectivity index (χ4n) is 2.72. The molecule has 0 atom stereocenters. The minimum absolute atomic E-state index is 0.877. The predicted molar refractivity (Wildman–Crippen MR) is 90.3 cm³/mol. The van der Waals surface area contributed by atoms with E-state index in [1.165, 1.54) is 55.6 Å². The number of ether oxygens (including phenoxy) is 1. The third-order valence-corrected chi connectivity index (χ3v) is 19.1. The Hall–Kier alpha value is 0.339. The van der Waals surface area contributed by atoms with Gasteiger partial charge in [-0.3, -0.25) is 0 Å². The van der Waals surface area contributed by atoms with Crippen LogP contribution in [-0.2, 0) is 4.74 Å². The third-order valence-electron chi connectivity index (χ3n) is 4.10. The van der Waals surface area contributed by atoms with Crippen LogP contribution in [0.3, 0.4) is 0 Å². The van der Waals surface area contributed by atoms with Crippen LogP contribution in [-0.4, -0.2) is 25.0 Å². The molecule has 0 heterocycles. The fourth-order valence-corrected chi connectivity index (χ4v) is 17.2. The molecular formula is C17H36OSn. The van der Waals surface area contributed by atoms with Crippen molar-refractivity contribution in [3.63, 3.8) is 0 Å². The molecule has 0 aromatic carbocycles. The van der Waals surface area contributed by atoms with E-state index in [-0.39, 0.29) is 0 Å². The number of hydrogen-bond acceptors (Lipinski definition) is 1. The van der Waals surface area contributed by atoms with Crippen molar-refractivity contribution in [2.45, 2.75) is 86.0 Å². The maximum absolute atomic E-state index is 6.05. The summed E-state index contributed by atoms with van der Waals surface area (Å²) in [7, 11) is 0. The molecule has 0 N–H and O–H groups in total. The summed E-state index contributed by atoms with van der Waals surface area (Å²) in [5, 5.41) is 0. The minimum atomic E-state index is -2.27. The van der Waals surface area contributed by atoms with Gasteiger partial charge in [0.2, 0.25) is 0 Å². The second kappa shape index (κ2) is 12.1. The Bertz CT molecular complexity index is 204. The van der Waals surface area contributed by atoms with Crippen LogP contribution in [0.2, 0.25) is 13.3 Å². The van der Waals surface area contributed by atoms with E-state index in [1.54, 1.807) is 0 Å². The van der Waals surface area contributed by atoms with Crippen molar-refractivity contribution in [1.29, 1.82) is 0 Å². The van der Waals surface area contributed by atoms with Crippen molar-refractivity contribution in [2.24, 2.45) is 0 Å². The van der Waals surface area contributed by atoms with Gasteiger partial charge in [-0.15, -0.1) is 0 Å². The van der Waals surface area contributed by atoms with E-state index < -0.39 is 18.4 Å². The van der Waals surface area contributed by atoms with Gasteiger partial charge >= 0.3 is 126 Å². The fraction of sp³-hybridized carbons (Fsp3) is 0.882. The van der Waals surface area contributed by atoms with Crippen LogP contribution < -0.4 is 0 Å². The molecule has 0 amide bonds. The predicted octanol–water partition coefficient (Wildman–Crippen LogP) is 6.32. The Kier molecular flexibility index (Phi) is 12.3. The average Bonchev–Trinajstić information content (AvgIpc) is 2.44. The standard InChI is InChI=1S/C5H9O.3C4H9.Sn/c1-3-5-6-4-2;3*1-3-4-2;/h2-3,5H2,1H3;3*1,3-4H2,2H3;. The molecule has 114 valence electrons. The van der Waals surface area contributed by atoms with Gasteiger partial charge in [0, 0.05) is 0 Å². The molecule has 0 aromatic rings. The van der Waals surface area contributed by atoms with Crippen LogP contribution in [0.1, 0.15) is 72.6 Å². The molecule has 1 nitrogen and oxygen atoms in total. The van der Waals surface area contributed by atoms with Crippen molar-refractivity contribution >= 4 is 18.4 Å². The molecule has 0 bridgehead atoms. The Morgan fingerprint density at radius 1 is 0.789 bits per heavy atom. The molecule has 0 saturated heterocycles.